The normalized spacial score (nSPS) is 10.7. The van der Waals surface area contributed by atoms with Gasteiger partial charge in [-0.3, -0.25) is 5.43 Å². The molecule has 0 saturated carbocycles. The van der Waals surface area contributed by atoms with Crippen molar-refractivity contribution in [1.82, 2.24) is 4.98 Å². The molecule has 0 unspecified atom stereocenters. The molecule has 0 amide bonds. The molecule has 8 heteroatoms. The Morgan fingerprint density at radius 3 is 2.56 bits per heavy atom. The van der Waals surface area contributed by atoms with Gasteiger partial charge < -0.3 is 14.2 Å². The van der Waals surface area contributed by atoms with Crippen molar-refractivity contribution in [3.8, 4) is 17.6 Å². The molecule has 32 heavy (non-hydrogen) atoms. The molecule has 0 bridgehead atoms. The van der Waals surface area contributed by atoms with E-state index in [1.54, 1.807) is 20.4 Å². The van der Waals surface area contributed by atoms with Crippen LogP contribution in [0.2, 0.25) is 5.02 Å². The van der Waals surface area contributed by atoms with Crippen molar-refractivity contribution in [1.29, 1.82) is 5.26 Å². The molecule has 2 aromatic carbocycles. The van der Waals surface area contributed by atoms with E-state index in [1.807, 2.05) is 55.5 Å². The zero-order valence-electron chi connectivity index (χ0n) is 18.1. The largest absolute Gasteiger partial charge is 0.493 e. The van der Waals surface area contributed by atoms with Crippen molar-refractivity contribution >= 4 is 23.6 Å². The molecule has 0 fully saturated rings. The number of anilines is 1. The Labute approximate surface area is 192 Å². The van der Waals surface area contributed by atoms with Crippen molar-refractivity contribution in [3.05, 3.63) is 81.5 Å². The van der Waals surface area contributed by atoms with Crippen LogP contribution in [0.3, 0.4) is 0 Å². The number of nitrogens with zero attached hydrogens (tertiary/aromatic N) is 3. The molecule has 1 aromatic heterocycles. The minimum Gasteiger partial charge on any atom is -0.493 e. The van der Waals surface area contributed by atoms with Crippen LogP contribution in [0.5, 0.6) is 11.5 Å². The molecule has 0 aliphatic rings. The number of ether oxygens (including phenoxy) is 3. The summed E-state index contributed by atoms with van der Waals surface area (Å²) in [4.78, 5) is 4.37. The van der Waals surface area contributed by atoms with Gasteiger partial charge in [-0.2, -0.15) is 10.4 Å². The first kappa shape index (κ1) is 23.1. The standard InChI is InChI=1S/C24H23ClN4O3/c1-16-10-19(15-30-2)21(12-26)24(28-16)29-27-13-18-6-9-22(23(11-18)31-3)32-14-17-4-7-20(25)8-5-17/h4-11,13H,14-15H2,1-3H3,(H,28,29). The van der Waals surface area contributed by atoms with E-state index in [-0.39, 0.29) is 0 Å². The van der Waals surface area contributed by atoms with Crippen LogP contribution in [0, 0.1) is 18.3 Å². The summed E-state index contributed by atoms with van der Waals surface area (Å²) in [5.41, 5.74) is 6.56. The van der Waals surface area contributed by atoms with Crippen LogP contribution >= 0.6 is 11.6 Å². The lowest BCUT2D eigenvalue weighted by molar-refractivity contribution is 0.184. The monoisotopic (exact) mass is 450 g/mol. The van der Waals surface area contributed by atoms with Gasteiger partial charge in [0, 0.05) is 23.4 Å². The Kier molecular flexibility index (Phi) is 8.03. The van der Waals surface area contributed by atoms with Crippen molar-refractivity contribution in [2.75, 3.05) is 19.6 Å². The van der Waals surface area contributed by atoms with Gasteiger partial charge in [0.05, 0.1) is 19.9 Å². The van der Waals surface area contributed by atoms with E-state index in [9.17, 15) is 5.26 Å². The molecule has 0 atom stereocenters. The van der Waals surface area contributed by atoms with Gasteiger partial charge in [-0.1, -0.05) is 23.7 Å². The zero-order chi connectivity index (χ0) is 22.9. The number of pyridine rings is 1. The van der Waals surface area contributed by atoms with Crippen molar-refractivity contribution in [2.24, 2.45) is 5.10 Å². The fraction of sp³-hybridized carbons (Fsp3) is 0.208. The van der Waals surface area contributed by atoms with Gasteiger partial charge >= 0.3 is 0 Å². The predicted octanol–water partition coefficient (Wildman–Crippen LogP) is 5.10. The van der Waals surface area contributed by atoms with E-state index in [2.05, 4.69) is 21.6 Å². The molecule has 1 N–H and O–H groups in total. The average Bonchev–Trinajstić information content (AvgIpc) is 2.79. The summed E-state index contributed by atoms with van der Waals surface area (Å²) in [6.45, 7) is 2.56. The smallest absolute Gasteiger partial charge is 0.164 e. The van der Waals surface area contributed by atoms with Crippen molar-refractivity contribution < 1.29 is 14.2 Å². The summed E-state index contributed by atoms with van der Waals surface area (Å²) in [7, 11) is 3.16. The summed E-state index contributed by atoms with van der Waals surface area (Å²) in [5, 5.41) is 14.4. The maximum atomic E-state index is 9.50. The Morgan fingerprint density at radius 2 is 1.88 bits per heavy atom. The first-order valence-electron chi connectivity index (χ1n) is 9.78. The van der Waals surface area contributed by atoms with E-state index in [1.165, 1.54) is 0 Å². The van der Waals surface area contributed by atoms with Crippen LogP contribution in [0.25, 0.3) is 0 Å². The highest BCUT2D eigenvalue weighted by atomic mass is 35.5. The molecule has 7 nitrogen and oxygen atoms in total. The van der Waals surface area contributed by atoms with E-state index in [0.717, 1.165) is 22.4 Å². The Morgan fingerprint density at radius 1 is 1.09 bits per heavy atom. The van der Waals surface area contributed by atoms with Crippen LogP contribution in [-0.2, 0) is 18.0 Å². The molecule has 0 aliphatic heterocycles. The lowest BCUT2D eigenvalue weighted by Gasteiger charge is -2.11. The van der Waals surface area contributed by atoms with E-state index in [0.29, 0.717) is 41.1 Å². The number of halogens is 1. The maximum Gasteiger partial charge on any atom is 0.164 e. The minimum absolute atomic E-state index is 0.319. The number of aryl methyl sites for hydroxylation is 1. The molecule has 0 radical (unpaired) electrons. The summed E-state index contributed by atoms with van der Waals surface area (Å²) in [6.07, 6.45) is 1.62. The Bertz CT molecular complexity index is 1140. The molecule has 0 spiro atoms. The highest BCUT2D eigenvalue weighted by Gasteiger charge is 2.11. The zero-order valence-corrected chi connectivity index (χ0v) is 18.8. The lowest BCUT2D eigenvalue weighted by Crippen LogP contribution is -2.03. The topological polar surface area (TPSA) is 88.8 Å². The van der Waals surface area contributed by atoms with Gasteiger partial charge in [-0.25, -0.2) is 4.98 Å². The Balaban J connectivity index is 1.71. The van der Waals surface area contributed by atoms with Crippen molar-refractivity contribution in [2.45, 2.75) is 20.1 Å². The molecule has 164 valence electrons. The third-order valence-electron chi connectivity index (χ3n) is 4.52. The number of nitrogens with one attached hydrogen (secondary N) is 1. The van der Waals surface area contributed by atoms with Gasteiger partial charge in [0.15, 0.2) is 17.3 Å². The first-order chi connectivity index (χ1) is 15.5. The number of hydrogen-bond acceptors (Lipinski definition) is 7. The van der Waals surface area contributed by atoms with Crippen LogP contribution in [0.4, 0.5) is 5.82 Å². The quantitative estimate of drug-likeness (QED) is 0.360. The minimum atomic E-state index is 0.319. The fourth-order valence-electron chi connectivity index (χ4n) is 3.01. The first-order valence-corrected chi connectivity index (χ1v) is 10.2. The van der Waals surface area contributed by atoms with E-state index in [4.69, 9.17) is 25.8 Å². The lowest BCUT2D eigenvalue weighted by atomic mass is 10.1. The number of benzene rings is 2. The SMILES string of the molecule is COCc1cc(C)nc(NN=Cc2ccc(OCc3ccc(Cl)cc3)c(OC)c2)c1C#N. The van der Waals surface area contributed by atoms with Crippen LogP contribution < -0.4 is 14.9 Å². The van der Waals surface area contributed by atoms with Crippen molar-refractivity contribution in [3.63, 3.8) is 0 Å². The second kappa shape index (κ2) is 11.1. The average molecular weight is 451 g/mol. The predicted molar refractivity (Wildman–Crippen MR) is 124 cm³/mol. The summed E-state index contributed by atoms with van der Waals surface area (Å²) in [6, 6.07) is 16.9. The number of nitriles is 1. The van der Waals surface area contributed by atoms with Gasteiger partial charge in [-0.15, -0.1) is 0 Å². The van der Waals surface area contributed by atoms with Gasteiger partial charge in [0.1, 0.15) is 18.2 Å². The van der Waals surface area contributed by atoms with Crippen LogP contribution in [0.1, 0.15) is 27.9 Å². The Hall–Kier alpha value is -3.60. The molecular formula is C24H23ClN4O3. The maximum absolute atomic E-state index is 9.50. The van der Waals surface area contributed by atoms with E-state index < -0.39 is 0 Å². The summed E-state index contributed by atoms with van der Waals surface area (Å²) >= 11 is 5.92. The number of hydrogen-bond donors (Lipinski definition) is 1. The third kappa shape index (κ3) is 5.97. The molecule has 0 saturated heterocycles. The number of methoxy groups -OCH3 is 2. The highest BCUT2D eigenvalue weighted by Crippen LogP contribution is 2.28. The summed E-state index contributed by atoms with van der Waals surface area (Å²) < 4.78 is 16.5. The van der Waals surface area contributed by atoms with Crippen LogP contribution in [0.15, 0.2) is 53.6 Å². The highest BCUT2D eigenvalue weighted by molar-refractivity contribution is 6.30. The van der Waals surface area contributed by atoms with Gasteiger partial charge in [-0.05, 0) is 54.4 Å². The molecule has 0 aliphatic carbocycles. The molecule has 3 rings (SSSR count). The number of hydrazone groups is 1. The number of rotatable bonds is 9. The second-order valence-electron chi connectivity index (χ2n) is 6.89. The number of aromatic nitrogens is 1. The third-order valence-corrected chi connectivity index (χ3v) is 4.77. The fourth-order valence-corrected chi connectivity index (χ4v) is 3.14. The molecular weight excluding hydrogens is 428 g/mol. The van der Waals surface area contributed by atoms with Gasteiger partial charge in [0.25, 0.3) is 0 Å². The summed E-state index contributed by atoms with van der Waals surface area (Å²) in [5.74, 6) is 1.58. The molecule has 3 aromatic rings. The van der Waals surface area contributed by atoms with Gasteiger partial charge in [0.2, 0.25) is 0 Å². The molecule has 1 heterocycles. The van der Waals surface area contributed by atoms with E-state index >= 15 is 0 Å². The van der Waals surface area contributed by atoms with Crippen LogP contribution in [-0.4, -0.2) is 25.4 Å². The second-order valence-corrected chi connectivity index (χ2v) is 7.32.